The van der Waals surface area contributed by atoms with E-state index in [9.17, 15) is 0 Å². The third-order valence-corrected chi connectivity index (χ3v) is 9.43. The Balaban J connectivity index is 3.25. The first-order chi connectivity index (χ1) is 21.2. The lowest BCUT2D eigenvalue weighted by atomic mass is 10.0. The summed E-state index contributed by atoms with van der Waals surface area (Å²) in [5.74, 6) is 0. The smallest absolute Gasteiger partial charge is 0.0256 e. The highest BCUT2D eigenvalue weighted by Crippen LogP contribution is 2.16. The standard InChI is InChI=1S/C40H84N2O/c1-5-7-9-11-13-15-17-19-21-23-25-27-29-31-33-35-37-39-41(3)43-42(4)40-38-36-34-32-30-28-26-24-22-20-18-16-14-12-10-8-6-2/h5-40H2,1-4H3. The summed E-state index contributed by atoms with van der Waals surface area (Å²) in [6.45, 7) is 6.69. The fraction of sp³-hybridized carbons (Fsp3) is 1.00. The van der Waals surface area contributed by atoms with Crippen molar-refractivity contribution < 1.29 is 4.94 Å². The number of unbranched alkanes of at least 4 members (excludes halogenated alkanes) is 32. The van der Waals surface area contributed by atoms with Crippen LogP contribution in [-0.4, -0.2) is 37.3 Å². The van der Waals surface area contributed by atoms with Gasteiger partial charge in [0.2, 0.25) is 0 Å². The summed E-state index contributed by atoms with van der Waals surface area (Å²) in [6, 6.07) is 0. The molecule has 0 aliphatic rings. The summed E-state index contributed by atoms with van der Waals surface area (Å²) in [4.78, 5) is 5.97. The molecule has 0 unspecified atom stereocenters. The Labute approximate surface area is 274 Å². The Kier molecular flexibility index (Phi) is 38.0. The molecule has 0 atom stereocenters. The van der Waals surface area contributed by atoms with Crippen LogP contribution in [0, 0.1) is 0 Å². The first-order valence-corrected chi connectivity index (χ1v) is 20.3. The molecule has 0 heterocycles. The van der Waals surface area contributed by atoms with Crippen LogP contribution in [-0.2, 0) is 4.94 Å². The van der Waals surface area contributed by atoms with Crippen molar-refractivity contribution in [2.24, 2.45) is 0 Å². The molecule has 0 saturated carbocycles. The third kappa shape index (κ3) is 38.0. The number of hydroxylamine groups is 4. The number of hydrogen-bond donors (Lipinski definition) is 0. The van der Waals surface area contributed by atoms with Gasteiger partial charge in [-0.2, -0.15) is 10.1 Å². The molecule has 0 aliphatic carbocycles. The average molecular weight is 609 g/mol. The van der Waals surface area contributed by atoms with E-state index in [4.69, 9.17) is 4.94 Å². The van der Waals surface area contributed by atoms with Crippen molar-refractivity contribution in [3.05, 3.63) is 0 Å². The molecule has 0 amide bonds. The normalized spacial score (nSPS) is 11.9. The van der Waals surface area contributed by atoms with Gasteiger partial charge >= 0.3 is 0 Å². The minimum absolute atomic E-state index is 1.04. The van der Waals surface area contributed by atoms with Crippen molar-refractivity contribution in [3.8, 4) is 0 Å². The molecule has 0 aromatic carbocycles. The Morgan fingerprint density at radius 3 is 0.605 bits per heavy atom. The summed E-state index contributed by atoms with van der Waals surface area (Å²) in [6.07, 6.45) is 48.6. The highest BCUT2D eigenvalue weighted by Gasteiger charge is 2.04. The van der Waals surface area contributed by atoms with Gasteiger partial charge in [-0.15, -0.1) is 0 Å². The Hall–Kier alpha value is -0.120. The molecule has 0 bridgehead atoms. The monoisotopic (exact) mass is 609 g/mol. The molecule has 3 nitrogen and oxygen atoms in total. The lowest BCUT2D eigenvalue weighted by Crippen LogP contribution is -2.31. The van der Waals surface area contributed by atoms with Crippen LogP contribution in [0.5, 0.6) is 0 Å². The van der Waals surface area contributed by atoms with Crippen molar-refractivity contribution in [2.75, 3.05) is 27.2 Å². The van der Waals surface area contributed by atoms with Gasteiger partial charge in [-0.3, -0.25) is 0 Å². The fourth-order valence-corrected chi connectivity index (χ4v) is 6.44. The van der Waals surface area contributed by atoms with E-state index in [-0.39, 0.29) is 0 Å². The molecular formula is C40H84N2O. The highest BCUT2D eigenvalue weighted by molar-refractivity contribution is 4.53. The molecule has 260 valence electrons. The molecule has 43 heavy (non-hydrogen) atoms. The van der Waals surface area contributed by atoms with E-state index in [0.29, 0.717) is 0 Å². The minimum Gasteiger partial charge on any atom is -0.209 e. The molecule has 0 N–H and O–H groups in total. The van der Waals surface area contributed by atoms with Gasteiger partial charge in [0.1, 0.15) is 0 Å². The van der Waals surface area contributed by atoms with Crippen LogP contribution in [0.1, 0.15) is 232 Å². The van der Waals surface area contributed by atoms with Crippen molar-refractivity contribution in [1.29, 1.82) is 0 Å². The van der Waals surface area contributed by atoms with E-state index in [1.165, 1.54) is 218 Å². The predicted molar refractivity (Wildman–Crippen MR) is 195 cm³/mol. The highest BCUT2D eigenvalue weighted by atomic mass is 16.8. The molecule has 0 aromatic heterocycles. The van der Waals surface area contributed by atoms with E-state index in [1.54, 1.807) is 0 Å². The molecule has 0 aromatic rings. The second kappa shape index (κ2) is 38.1. The van der Waals surface area contributed by atoms with Gasteiger partial charge in [0.15, 0.2) is 0 Å². The Morgan fingerprint density at radius 2 is 0.419 bits per heavy atom. The van der Waals surface area contributed by atoms with Gasteiger partial charge in [-0.25, -0.2) is 4.94 Å². The van der Waals surface area contributed by atoms with E-state index in [1.807, 2.05) is 10.1 Å². The van der Waals surface area contributed by atoms with Gasteiger partial charge in [0.05, 0.1) is 0 Å². The SMILES string of the molecule is CCCCCCCCCCCCCCCCCCCN(C)ON(C)CCCCCCCCCCCCCCCCCCC. The number of rotatable bonds is 38. The lowest BCUT2D eigenvalue weighted by molar-refractivity contribution is -0.304. The second-order valence-electron chi connectivity index (χ2n) is 14.1. The zero-order valence-electron chi connectivity index (χ0n) is 30.8. The quantitative estimate of drug-likeness (QED) is 0.0512. The molecule has 0 aliphatic heterocycles. The van der Waals surface area contributed by atoms with Gasteiger partial charge in [0, 0.05) is 27.2 Å². The van der Waals surface area contributed by atoms with Crippen LogP contribution in [0.25, 0.3) is 0 Å². The van der Waals surface area contributed by atoms with Crippen LogP contribution in [0.2, 0.25) is 0 Å². The first-order valence-electron chi connectivity index (χ1n) is 20.3. The number of hydrogen-bond acceptors (Lipinski definition) is 3. The van der Waals surface area contributed by atoms with Crippen LogP contribution in [0.3, 0.4) is 0 Å². The van der Waals surface area contributed by atoms with Gasteiger partial charge in [-0.05, 0) is 12.8 Å². The maximum atomic E-state index is 5.97. The maximum Gasteiger partial charge on any atom is 0.0256 e. The molecule has 0 radical (unpaired) electrons. The van der Waals surface area contributed by atoms with Crippen molar-refractivity contribution >= 4 is 0 Å². The maximum absolute atomic E-state index is 5.97. The van der Waals surface area contributed by atoms with E-state index in [2.05, 4.69) is 27.9 Å². The Bertz CT molecular complexity index is 443. The fourth-order valence-electron chi connectivity index (χ4n) is 6.44. The lowest BCUT2D eigenvalue weighted by Gasteiger charge is -2.23. The minimum atomic E-state index is 1.04. The van der Waals surface area contributed by atoms with Crippen LogP contribution < -0.4 is 0 Å². The summed E-state index contributed by atoms with van der Waals surface area (Å²) in [7, 11) is 4.19. The van der Waals surface area contributed by atoms with Gasteiger partial charge < -0.3 is 0 Å². The second-order valence-corrected chi connectivity index (χ2v) is 14.1. The van der Waals surface area contributed by atoms with Crippen LogP contribution in [0.15, 0.2) is 0 Å². The first kappa shape index (κ1) is 42.9. The van der Waals surface area contributed by atoms with E-state index in [0.717, 1.165) is 13.1 Å². The largest absolute Gasteiger partial charge is 0.209 e. The third-order valence-electron chi connectivity index (χ3n) is 9.43. The van der Waals surface area contributed by atoms with Crippen LogP contribution >= 0.6 is 0 Å². The van der Waals surface area contributed by atoms with E-state index < -0.39 is 0 Å². The van der Waals surface area contributed by atoms with Crippen LogP contribution in [0.4, 0.5) is 0 Å². The van der Waals surface area contributed by atoms with E-state index >= 15 is 0 Å². The van der Waals surface area contributed by atoms with Crippen molar-refractivity contribution in [3.63, 3.8) is 0 Å². The van der Waals surface area contributed by atoms with Gasteiger partial charge in [0.25, 0.3) is 0 Å². The average Bonchev–Trinajstić information content (AvgIpc) is 3.00. The summed E-state index contributed by atoms with van der Waals surface area (Å²) in [5.41, 5.74) is 0. The molecular weight excluding hydrogens is 524 g/mol. The molecule has 0 rings (SSSR count). The predicted octanol–water partition coefficient (Wildman–Crippen LogP) is 14.0. The number of nitrogens with zero attached hydrogens (tertiary/aromatic N) is 2. The summed E-state index contributed by atoms with van der Waals surface area (Å²) >= 11 is 0. The molecule has 3 heteroatoms. The topological polar surface area (TPSA) is 15.7 Å². The Morgan fingerprint density at radius 1 is 0.256 bits per heavy atom. The van der Waals surface area contributed by atoms with Crippen molar-refractivity contribution in [2.45, 2.75) is 232 Å². The zero-order chi connectivity index (χ0) is 31.3. The molecule has 0 fully saturated rings. The van der Waals surface area contributed by atoms with Crippen molar-refractivity contribution in [1.82, 2.24) is 10.1 Å². The molecule has 0 saturated heterocycles. The van der Waals surface area contributed by atoms with Gasteiger partial charge in [-0.1, -0.05) is 219 Å². The zero-order valence-corrected chi connectivity index (χ0v) is 30.8. The summed E-state index contributed by atoms with van der Waals surface area (Å²) in [5, 5.41) is 4.08. The summed E-state index contributed by atoms with van der Waals surface area (Å²) < 4.78 is 0. The molecule has 0 spiro atoms.